The van der Waals surface area contributed by atoms with Gasteiger partial charge in [-0.25, -0.2) is 4.98 Å². The Hall–Kier alpha value is -1.85. The van der Waals surface area contributed by atoms with Crippen molar-refractivity contribution in [1.82, 2.24) is 9.97 Å². The monoisotopic (exact) mass is 154 g/mol. The van der Waals surface area contributed by atoms with Gasteiger partial charge in [0.25, 0.3) is 5.56 Å². The van der Waals surface area contributed by atoms with Crippen LogP contribution in [0.3, 0.4) is 0 Å². The molecule has 0 aliphatic rings. The minimum absolute atomic E-state index is 0.0509. The summed E-state index contributed by atoms with van der Waals surface area (Å²) in [5.74, 6) is -0.251. The number of nitrogens with two attached hydrogens (primary N) is 1. The highest BCUT2D eigenvalue weighted by Gasteiger charge is 2.02. The smallest absolute Gasteiger partial charge is 0.261 e. The first-order valence-corrected chi connectivity index (χ1v) is 2.76. The quantitative estimate of drug-likeness (QED) is 0.206. The molecule has 0 fully saturated rings. The summed E-state index contributed by atoms with van der Waals surface area (Å²) in [6.45, 7) is 0. The summed E-state index contributed by atoms with van der Waals surface area (Å²) in [5, 5.41) is 10.8. The van der Waals surface area contributed by atoms with Crippen molar-refractivity contribution in [3.63, 3.8) is 0 Å². The Morgan fingerprint density at radius 3 is 3.09 bits per heavy atom. The van der Waals surface area contributed by atoms with E-state index in [1.807, 2.05) is 0 Å². The van der Waals surface area contributed by atoms with Crippen molar-refractivity contribution in [2.45, 2.75) is 0 Å². The van der Waals surface area contributed by atoms with E-state index >= 15 is 0 Å². The Balaban J connectivity index is 3.25. The summed E-state index contributed by atoms with van der Waals surface area (Å²) in [5.41, 5.74) is 4.75. The van der Waals surface area contributed by atoms with Gasteiger partial charge in [-0.1, -0.05) is 5.16 Å². The van der Waals surface area contributed by atoms with Gasteiger partial charge in [-0.2, -0.15) is 0 Å². The molecule has 0 saturated heterocycles. The number of H-pyrrole nitrogens is 1. The minimum Gasteiger partial charge on any atom is -0.409 e. The number of nitrogens with zero attached hydrogens (tertiary/aromatic N) is 2. The lowest BCUT2D eigenvalue weighted by atomic mass is 10.3. The second-order valence-corrected chi connectivity index (χ2v) is 1.78. The lowest BCUT2D eigenvalue weighted by Gasteiger charge is -1.92. The van der Waals surface area contributed by atoms with Gasteiger partial charge in [-0.05, 0) is 0 Å². The number of aromatic nitrogens is 2. The highest BCUT2D eigenvalue weighted by Crippen LogP contribution is 1.83. The second-order valence-electron chi connectivity index (χ2n) is 1.78. The zero-order chi connectivity index (χ0) is 8.27. The van der Waals surface area contributed by atoms with Crippen LogP contribution in [0.1, 0.15) is 5.56 Å². The Bertz CT molecular complexity index is 329. The average Bonchev–Trinajstić information content (AvgIpc) is 2.04. The summed E-state index contributed by atoms with van der Waals surface area (Å²) in [6.07, 6.45) is 2.43. The molecule has 0 aliphatic carbocycles. The van der Waals surface area contributed by atoms with E-state index in [9.17, 15) is 4.79 Å². The van der Waals surface area contributed by atoms with E-state index in [2.05, 4.69) is 15.1 Å². The van der Waals surface area contributed by atoms with Crippen LogP contribution in [-0.2, 0) is 0 Å². The number of rotatable bonds is 1. The van der Waals surface area contributed by atoms with Gasteiger partial charge in [0.15, 0.2) is 5.84 Å². The average molecular weight is 154 g/mol. The van der Waals surface area contributed by atoms with Gasteiger partial charge in [0.2, 0.25) is 0 Å². The Morgan fingerprint density at radius 2 is 2.55 bits per heavy atom. The summed E-state index contributed by atoms with van der Waals surface area (Å²) in [6, 6.07) is 0. The van der Waals surface area contributed by atoms with Crippen molar-refractivity contribution < 1.29 is 5.21 Å². The van der Waals surface area contributed by atoms with Crippen LogP contribution in [0.2, 0.25) is 0 Å². The molecular formula is C5H6N4O2. The Kier molecular flexibility index (Phi) is 1.86. The molecule has 11 heavy (non-hydrogen) atoms. The first-order valence-electron chi connectivity index (χ1n) is 2.76. The molecule has 0 atom stereocenters. The molecule has 0 aliphatic heterocycles. The van der Waals surface area contributed by atoms with E-state index in [0.29, 0.717) is 0 Å². The van der Waals surface area contributed by atoms with Crippen molar-refractivity contribution in [2.24, 2.45) is 10.9 Å². The minimum atomic E-state index is -0.435. The maximum Gasteiger partial charge on any atom is 0.261 e. The first kappa shape index (κ1) is 7.26. The van der Waals surface area contributed by atoms with E-state index in [-0.39, 0.29) is 11.4 Å². The van der Waals surface area contributed by atoms with Crippen LogP contribution < -0.4 is 11.3 Å². The van der Waals surface area contributed by atoms with Gasteiger partial charge in [0, 0.05) is 6.20 Å². The number of hydrogen-bond acceptors (Lipinski definition) is 4. The molecular weight excluding hydrogens is 148 g/mol. The molecule has 0 spiro atoms. The zero-order valence-corrected chi connectivity index (χ0v) is 5.48. The van der Waals surface area contributed by atoms with Crippen molar-refractivity contribution in [3.05, 3.63) is 28.4 Å². The highest BCUT2D eigenvalue weighted by atomic mass is 16.4. The molecule has 4 N–H and O–H groups in total. The second kappa shape index (κ2) is 2.82. The maximum atomic E-state index is 10.9. The fourth-order valence-corrected chi connectivity index (χ4v) is 0.580. The van der Waals surface area contributed by atoms with Crippen LogP contribution in [0.4, 0.5) is 0 Å². The normalized spacial score (nSPS) is 11.5. The summed E-state index contributed by atoms with van der Waals surface area (Å²) in [7, 11) is 0. The Labute approximate surface area is 61.4 Å². The fraction of sp³-hybridized carbons (Fsp3) is 0. The topological polar surface area (TPSA) is 104 Å². The van der Waals surface area contributed by atoms with Crippen molar-refractivity contribution in [2.75, 3.05) is 0 Å². The van der Waals surface area contributed by atoms with E-state index in [1.54, 1.807) is 0 Å². The van der Waals surface area contributed by atoms with Gasteiger partial charge in [-0.15, -0.1) is 0 Å². The van der Waals surface area contributed by atoms with Crippen molar-refractivity contribution in [1.29, 1.82) is 0 Å². The molecule has 1 rings (SSSR count). The number of oxime groups is 1. The number of hydrogen-bond donors (Lipinski definition) is 3. The predicted molar refractivity (Wildman–Crippen MR) is 37.4 cm³/mol. The van der Waals surface area contributed by atoms with Crippen LogP contribution >= 0.6 is 0 Å². The number of nitrogens with one attached hydrogen (secondary N) is 1. The number of amidine groups is 1. The molecule has 0 bridgehead atoms. The van der Waals surface area contributed by atoms with Gasteiger partial charge in [-0.3, -0.25) is 4.79 Å². The summed E-state index contributed by atoms with van der Waals surface area (Å²) in [4.78, 5) is 16.7. The van der Waals surface area contributed by atoms with Crippen LogP contribution in [-0.4, -0.2) is 21.0 Å². The van der Waals surface area contributed by atoms with Crippen molar-refractivity contribution in [3.8, 4) is 0 Å². The van der Waals surface area contributed by atoms with Gasteiger partial charge in [0.05, 0.1) is 6.33 Å². The third-order valence-electron chi connectivity index (χ3n) is 1.10. The standard InChI is InChI=1S/C5H6N4O2/c6-4(9-11)3-1-7-2-8-5(3)10/h1-2,11H,(H2,6,9)(H,7,8,10). The lowest BCUT2D eigenvalue weighted by molar-refractivity contribution is 0.318. The third-order valence-corrected chi connectivity index (χ3v) is 1.10. The molecule has 6 heteroatoms. The lowest BCUT2D eigenvalue weighted by Crippen LogP contribution is -2.24. The van der Waals surface area contributed by atoms with E-state index in [1.165, 1.54) is 12.5 Å². The largest absolute Gasteiger partial charge is 0.409 e. The van der Waals surface area contributed by atoms with Gasteiger partial charge >= 0.3 is 0 Å². The third kappa shape index (κ3) is 1.34. The van der Waals surface area contributed by atoms with Crippen molar-refractivity contribution >= 4 is 5.84 Å². The van der Waals surface area contributed by atoms with E-state index in [4.69, 9.17) is 10.9 Å². The summed E-state index contributed by atoms with van der Waals surface area (Å²) < 4.78 is 0. The van der Waals surface area contributed by atoms with Crippen LogP contribution in [0.5, 0.6) is 0 Å². The predicted octanol–water partition coefficient (Wildman–Crippen LogP) is -1.14. The molecule has 0 radical (unpaired) electrons. The fourth-order valence-electron chi connectivity index (χ4n) is 0.580. The molecule has 1 heterocycles. The molecule has 1 aromatic rings. The highest BCUT2D eigenvalue weighted by molar-refractivity contribution is 5.96. The van der Waals surface area contributed by atoms with Gasteiger partial charge in [0.1, 0.15) is 5.56 Å². The Morgan fingerprint density at radius 1 is 1.82 bits per heavy atom. The zero-order valence-electron chi connectivity index (χ0n) is 5.48. The molecule has 58 valence electrons. The molecule has 1 aromatic heterocycles. The molecule has 0 unspecified atom stereocenters. The SMILES string of the molecule is N/C(=N\O)c1cnc[nH]c1=O. The molecule has 0 amide bonds. The van der Waals surface area contributed by atoms with Crippen LogP contribution in [0.25, 0.3) is 0 Å². The van der Waals surface area contributed by atoms with E-state index < -0.39 is 5.56 Å². The maximum absolute atomic E-state index is 10.9. The molecule has 6 nitrogen and oxygen atoms in total. The first-order chi connectivity index (χ1) is 5.25. The number of aromatic amines is 1. The summed E-state index contributed by atoms with van der Waals surface area (Å²) >= 11 is 0. The van der Waals surface area contributed by atoms with Gasteiger partial charge < -0.3 is 15.9 Å². The van der Waals surface area contributed by atoms with Crippen LogP contribution in [0, 0.1) is 0 Å². The molecule has 0 saturated carbocycles. The molecule has 0 aromatic carbocycles. The van der Waals surface area contributed by atoms with Crippen LogP contribution in [0.15, 0.2) is 22.5 Å². The van der Waals surface area contributed by atoms with E-state index in [0.717, 1.165) is 0 Å².